The van der Waals surface area contributed by atoms with E-state index in [0.29, 0.717) is 12.8 Å². The van der Waals surface area contributed by atoms with Gasteiger partial charge in [-0.3, -0.25) is 9.36 Å². The Hall–Kier alpha value is -2.80. The first-order valence-electron chi connectivity index (χ1n) is 8.80. The molecular formula is C15H15F5N6O3. The minimum atomic E-state index is -4.80. The normalized spacial score (nSPS) is 21.4. The number of alkyl halides is 5. The maximum absolute atomic E-state index is 13.4. The number of aryl methyl sites for hydroxylation is 1. The van der Waals surface area contributed by atoms with Gasteiger partial charge in [0.25, 0.3) is 11.7 Å². The zero-order chi connectivity index (χ0) is 21.0. The molecule has 0 bridgehead atoms. The summed E-state index contributed by atoms with van der Waals surface area (Å²) in [5.74, 6) is -5.26. The number of hydrogen-bond donors (Lipinski definition) is 0. The van der Waals surface area contributed by atoms with Crippen molar-refractivity contribution in [2.75, 3.05) is 13.1 Å². The second kappa shape index (κ2) is 6.62. The number of hydrogen-bond acceptors (Lipinski definition) is 6. The van der Waals surface area contributed by atoms with Crippen LogP contribution in [-0.2, 0) is 23.9 Å². The summed E-state index contributed by atoms with van der Waals surface area (Å²) < 4.78 is 71.1. The van der Waals surface area contributed by atoms with Gasteiger partial charge in [0.1, 0.15) is 18.4 Å². The molecule has 4 rings (SSSR count). The van der Waals surface area contributed by atoms with Crippen LogP contribution in [0.25, 0.3) is 0 Å². The average molecular weight is 422 g/mol. The van der Waals surface area contributed by atoms with Crippen LogP contribution >= 0.6 is 0 Å². The molecule has 0 N–H and O–H groups in total. The largest absolute Gasteiger partial charge is 0.455 e. The third-order valence-electron chi connectivity index (χ3n) is 4.90. The molecule has 158 valence electrons. The topological polar surface area (TPSA) is 99.0 Å². The van der Waals surface area contributed by atoms with E-state index in [1.165, 1.54) is 0 Å². The first-order chi connectivity index (χ1) is 13.5. The van der Waals surface area contributed by atoms with Crippen molar-refractivity contribution in [1.29, 1.82) is 0 Å². The molecule has 1 unspecified atom stereocenters. The Labute approximate surface area is 159 Å². The van der Waals surface area contributed by atoms with Gasteiger partial charge < -0.3 is 9.42 Å². The molecule has 2 aliphatic rings. The summed E-state index contributed by atoms with van der Waals surface area (Å²) >= 11 is 0. The third kappa shape index (κ3) is 3.62. The van der Waals surface area contributed by atoms with E-state index in [9.17, 15) is 31.5 Å². The van der Waals surface area contributed by atoms with Gasteiger partial charge >= 0.3 is 11.9 Å². The molecule has 0 saturated carbocycles. The number of amides is 1. The summed E-state index contributed by atoms with van der Waals surface area (Å²) in [4.78, 5) is 29.6. The molecule has 2 aromatic heterocycles. The van der Waals surface area contributed by atoms with Gasteiger partial charge in [0.2, 0.25) is 11.8 Å². The molecule has 1 fully saturated rings. The second-order valence-corrected chi connectivity index (χ2v) is 7.01. The predicted octanol–water partition coefficient (Wildman–Crippen LogP) is 1.24. The standard InChI is InChI=1S/C15H15F5N6O3/c16-14(17)4-5-24(7-14)11(27)8-2-1-3-9-22-25(13(28)26(8)9)6-10-21-12(23-29-10)15(18,19)20/h8H,1-7H2. The Morgan fingerprint density at radius 1 is 1.31 bits per heavy atom. The lowest BCUT2D eigenvalue weighted by atomic mass is 10.0. The quantitative estimate of drug-likeness (QED) is 0.691. The second-order valence-electron chi connectivity index (χ2n) is 7.01. The van der Waals surface area contributed by atoms with E-state index in [1.54, 1.807) is 0 Å². The van der Waals surface area contributed by atoms with Crippen molar-refractivity contribution in [3.63, 3.8) is 0 Å². The van der Waals surface area contributed by atoms with E-state index in [2.05, 4.69) is 19.8 Å². The Kier molecular flexibility index (Phi) is 4.46. The first-order valence-corrected chi connectivity index (χ1v) is 8.80. The number of rotatable bonds is 3. The average Bonchev–Trinajstić information content (AvgIpc) is 3.33. The summed E-state index contributed by atoms with van der Waals surface area (Å²) in [6.07, 6.45) is -4.09. The number of carbonyl (C=O) groups excluding carboxylic acids is 1. The van der Waals surface area contributed by atoms with E-state index < -0.39 is 61.0 Å². The molecule has 0 radical (unpaired) electrons. The molecule has 0 aliphatic carbocycles. The van der Waals surface area contributed by atoms with Crippen molar-refractivity contribution in [3.8, 4) is 0 Å². The van der Waals surface area contributed by atoms with Crippen molar-refractivity contribution in [2.45, 2.75) is 50.4 Å². The van der Waals surface area contributed by atoms with E-state index >= 15 is 0 Å². The van der Waals surface area contributed by atoms with Crippen LogP contribution in [0.2, 0.25) is 0 Å². The molecule has 9 nitrogen and oxygen atoms in total. The van der Waals surface area contributed by atoms with Gasteiger partial charge in [0.15, 0.2) is 0 Å². The van der Waals surface area contributed by atoms with Gasteiger partial charge in [0, 0.05) is 19.4 Å². The SMILES string of the molecule is O=C(C1CCCc2nn(Cc3nc(C(F)(F)F)no3)c(=O)n21)N1CCC(F)(F)C1. The molecule has 29 heavy (non-hydrogen) atoms. The first kappa shape index (κ1) is 19.5. The predicted molar refractivity (Wildman–Crippen MR) is 83.0 cm³/mol. The van der Waals surface area contributed by atoms with E-state index in [4.69, 9.17) is 0 Å². The summed E-state index contributed by atoms with van der Waals surface area (Å²) in [7, 11) is 0. The molecule has 2 aromatic rings. The van der Waals surface area contributed by atoms with E-state index in [0.717, 1.165) is 14.1 Å². The fraction of sp³-hybridized carbons (Fsp3) is 0.667. The maximum atomic E-state index is 13.4. The molecule has 0 spiro atoms. The van der Waals surface area contributed by atoms with E-state index in [1.807, 2.05) is 0 Å². The zero-order valence-electron chi connectivity index (χ0n) is 14.8. The van der Waals surface area contributed by atoms with Crippen LogP contribution in [0.1, 0.15) is 42.8 Å². The van der Waals surface area contributed by atoms with Crippen LogP contribution in [-0.4, -0.2) is 54.3 Å². The highest BCUT2D eigenvalue weighted by Crippen LogP contribution is 2.31. The number of halogens is 5. The third-order valence-corrected chi connectivity index (χ3v) is 4.90. The van der Waals surface area contributed by atoms with Crippen LogP contribution in [0.5, 0.6) is 0 Å². The lowest BCUT2D eigenvalue weighted by Crippen LogP contribution is -2.42. The molecule has 2 aliphatic heterocycles. The lowest BCUT2D eigenvalue weighted by Gasteiger charge is -2.27. The number of nitrogens with zero attached hydrogens (tertiary/aromatic N) is 6. The highest BCUT2D eigenvalue weighted by molar-refractivity contribution is 5.81. The summed E-state index contributed by atoms with van der Waals surface area (Å²) in [6, 6.07) is -0.984. The van der Waals surface area contributed by atoms with Crippen LogP contribution < -0.4 is 5.69 Å². The molecular weight excluding hydrogens is 407 g/mol. The van der Waals surface area contributed by atoms with Gasteiger partial charge in [-0.25, -0.2) is 18.3 Å². The molecule has 1 saturated heterocycles. The van der Waals surface area contributed by atoms with Crippen molar-refractivity contribution < 1.29 is 31.3 Å². The molecule has 14 heteroatoms. The molecule has 0 aromatic carbocycles. The van der Waals surface area contributed by atoms with Gasteiger partial charge in [-0.1, -0.05) is 5.16 Å². The highest BCUT2D eigenvalue weighted by Gasteiger charge is 2.43. The van der Waals surface area contributed by atoms with Crippen molar-refractivity contribution in [3.05, 3.63) is 28.0 Å². The van der Waals surface area contributed by atoms with E-state index in [-0.39, 0.29) is 18.8 Å². The number of carbonyl (C=O) groups is 1. The smallest absolute Gasteiger partial charge is 0.337 e. The van der Waals surface area contributed by atoms with Crippen LogP contribution in [0.15, 0.2) is 9.32 Å². The fourth-order valence-electron chi connectivity index (χ4n) is 3.57. The number of likely N-dealkylation sites (tertiary alicyclic amines) is 1. The summed E-state index contributed by atoms with van der Waals surface area (Å²) in [5.41, 5.74) is -0.754. The van der Waals surface area contributed by atoms with Crippen molar-refractivity contribution in [1.82, 2.24) is 29.4 Å². The lowest BCUT2D eigenvalue weighted by molar-refractivity contribution is -0.146. The molecule has 1 atom stereocenters. The van der Waals surface area contributed by atoms with Crippen molar-refractivity contribution in [2.24, 2.45) is 0 Å². The van der Waals surface area contributed by atoms with Gasteiger partial charge in [-0.2, -0.15) is 23.3 Å². The van der Waals surface area contributed by atoms with Crippen molar-refractivity contribution >= 4 is 5.91 Å². The number of fused-ring (bicyclic) bond motifs is 1. The summed E-state index contributed by atoms with van der Waals surface area (Å²) in [5, 5.41) is 6.86. The van der Waals surface area contributed by atoms with Crippen LogP contribution in [0, 0.1) is 0 Å². The maximum Gasteiger partial charge on any atom is 0.455 e. The Bertz CT molecular complexity index is 993. The number of aromatic nitrogens is 5. The molecule has 4 heterocycles. The Morgan fingerprint density at radius 3 is 2.69 bits per heavy atom. The minimum absolute atomic E-state index is 0.108. The minimum Gasteiger partial charge on any atom is -0.337 e. The van der Waals surface area contributed by atoms with Gasteiger partial charge in [0.05, 0.1) is 6.54 Å². The molecule has 1 amide bonds. The van der Waals surface area contributed by atoms with Crippen LogP contribution in [0.3, 0.4) is 0 Å². The fourth-order valence-corrected chi connectivity index (χ4v) is 3.57. The van der Waals surface area contributed by atoms with Gasteiger partial charge in [-0.05, 0) is 12.8 Å². The van der Waals surface area contributed by atoms with Crippen LogP contribution in [0.4, 0.5) is 22.0 Å². The zero-order valence-corrected chi connectivity index (χ0v) is 14.8. The summed E-state index contributed by atoms with van der Waals surface area (Å²) in [6.45, 7) is -1.32. The monoisotopic (exact) mass is 422 g/mol. The Balaban J connectivity index is 1.59. The Morgan fingerprint density at radius 2 is 2.07 bits per heavy atom. The van der Waals surface area contributed by atoms with Gasteiger partial charge in [-0.15, -0.1) is 0 Å². The highest BCUT2D eigenvalue weighted by atomic mass is 19.4.